The molecule has 0 unspecified atom stereocenters. The van der Waals surface area contributed by atoms with E-state index in [0.29, 0.717) is 0 Å². The van der Waals surface area contributed by atoms with Gasteiger partial charge in [0.05, 0.1) is 0 Å². The van der Waals surface area contributed by atoms with Crippen LogP contribution in [-0.2, 0) is 9.59 Å². The first-order valence-corrected chi connectivity index (χ1v) is 5.22. The van der Waals surface area contributed by atoms with Crippen molar-refractivity contribution in [2.75, 3.05) is 0 Å². The fraction of sp³-hybridized carbons (Fsp3) is 0.700. The molecule has 0 atom stereocenters. The maximum atomic E-state index is 11.7. The molecule has 0 radical (unpaired) electrons. The molecule has 5 heteroatoms. The number of barbiturate groups is 1. The normalized spacial score (nSPS) is 26.3. The molecular formula is C10H14N2O3. The van der Waals surface area contributed by atoms with E-state index in [1.807, 2.05) is 0 Å². The van der Waals surface area contributed by atoms with Crippen molar-refractivity contribution < 1.29 is 14.4 Å². The highest BCUT2D eigenvalue weighted by Crippen LogP contribution is 2.41. The van der Waals surface area contributed by atoms with Gasteiger partial charge in [-0.15, -0.1) is 0 Å². The summed E-state index contributed by atoms with van der Waals surface area (Å²) in [5.41, 5.74) is -1.07. The number of nitrogens with one attached hydrogen (secondary N) is 2. The lowest BCUT2D eigenvalue weighted by Crippen LogP contribution is -2.63. The van der Waals surface area contributed by atoms with Crippen LogP contribution in [0.5, 0.6) is 0 Å². The third-order valence-corrected chi connectivity index (χ3v) is 3.57. The molecule has 1 heterocycles. The van der Waals surface area contributed by atoms with Gasteiger partial charge in [-0.2, -0.15) is 0 Å². The van der Waals surface area contributed by atoms with Gasteiger partial charge in [0, 0.05) is 0 Å². The molecule has 0 aromatic carbocycles. The van der Waals surface area contributed by atoms with Gasteiger partial charge in [0.15, 0.2) is 0 Å². The Morgan fingerprint density at radius 3 is 2.00 bits per heavy atom. The van der Waals surface area contributed by atoms with Gasteiger partial charge < -0.3 is 0 Å². The van der Waals surface area contributed by atoms with E-state index in [4.69, 9.17) is 0 Å². The minimum Gasteiger partial charge on any atom is -0.277 e. The lowest BCUT2D eigenvalue weighted by Gasteiger charge is -2.35. The second-order valence-corrected chi connectivity index (χ2v) is 4.42. The maximum Gasteiger partial charge on any atom is 0.328 e. The highest BCUT2D eigenvalue weighted by Gasteiger charge is 2.52. The quantitative estimate of drug-likeness (QED) is 0.620. The van der Waals surface area contributed by atoms with Crippen molar-refractivity contribution in [2.45, 2.75) is 32.6 Å². The first kappa shape index (κ1) is 10.1. The number of imide groups is 2. The van der Waals surface area contributed by atoms with E-state index in [-0.39, 0.29) is 5.92 Å². The van der Waals surface area contributed by atoms with E-state index >= 15 is 0 Å². The molecule has 1 aliphatic carbocycles. The van der Waals surface area contributed by atoms with Crippen LogP contribution in [0.4, 0.5) is 4.79 Å². The van der Waals surface area contributed by atoms with Crippen molar-refractivity contribution in [3.63, 3.8) is 0 Å². The molecule has 2 aliphatic rings. The molecular weight excluding hydrogens is 196 g/mol. The molecule has 4 amide bonds. The van der Waals surface area contributed by atoms with Crippen LogP contribution >= 0.6 is 0 Å². The fourth-order valence-corrected chi connectivity index (χ4v) is 2.47. The van der Waals surface area contributed by atoms with Gasteiger partial charge >= 0.3 is 6.03 Å². The summed E-state index contributed by atoms with van der Waals surface area (Å²) in [5.74, 6) is -0.850. The topological polar surface area (TPSA) is 75.3 Å². The highest BCUT2D eigenvalue weighted by molar-refractivity contribution is 6.19. The van der Waals surface area contributed by atoms with E-state index < -0.39 is 23.3 Å². The van der Waals surface area contributed by atoms with E-state index in [9.17, 15) is 14.4 Å². The van der Waals surface area contributed by atoms with E-state index in [0.717, 1.165) is 25.7 Å². The molecule has 5 nitrogen and oxygen atoms in total. The molecule has 82 valence electrons. The van der Waals surface area contributed by atoms with Crippen molar-refractivity contribution in [1.29, 1.82) is 0 Å². The maximum absolute atomic E-state index is 11.7. The lowest BCUT2D eigenvalue weighted by atomic mass is 9.73. The monoisotopic (exact) mass is 210 g/mol. The second-order valence-electron chi connectivity index (χ2n) is 4.42. The van der Waals surface area contributed by atoms with Crippen LogP contribution in [0.25, 0.3) is 0 Å². The highest BCUT2D eigenvalue weighted by atomic mass is 16.2. The Labute approximate surface area is 87.6 Å². The molecule has 2 N–H and O–H groups in total. The average molecular weight is 210 g/mol. The molecule has 0 bridgehead atoms. The Hall–Kier alpha value is -1.39. The molecule has 2 rings (SSSR count). The van der Waals surface area contributed by atoms with Crippen LogP contribution in [-0.4, -0.2) is 17.8 Å². The van der Waals surface area contributed by atoms with E-state index in [1.54, 1.807) is 6.92 Å². The minimum absolute atomic E-state index is 0.0607. The summed E-state index contributed by atoms with van der Waals surface area (Å²) in [6.45, 7) is 1.63. The number of hydrogen-bond acceptors (Lipinski definition) is 3. The molecule has 1 saturated carbocycles. The Balaban J connectivity index is 2.27. The third kappa shape index (κ3) is 1.42. The smallest absolute Gasteiger partial charge is 0.277 e. The van der Waals surface area contributed by atoms with Gasteiger partial charge in [0.1, 0.15) is 5.41 Å². The van der Waals surface area contributed by atoms with Gasteiger partial charge in [-0.25, -0.2) is 4.79 Å². The SMILES string of the molecule is CC1(C2CCCC2)C(=O)NC(=O)NC1=O. The average Bonchev–Trinajstić information content (AvgIpc) is 2.66. The summed E-state index contributed by atoms with van der Waals surface area (Å²) >= 11 is 0. The Kier molecular flexibility index (Phi) is 2.25. The van der Waals surface area contributed by atoms with Crippen LogP contribution in [0.2, 0.25) is 0 Å². The van der Waals surface area contributed by atoms with E-state index in [1.165, 1.54) is 0 Å². The lowest BCUT2D eigenvalue weighted by molar-refractivity contribution is -0.146. The molecule has 0 spiro atoms. The zero-order valence-corrected chi connectivity index (χ0v) is 8.63. The largest absolute Gasteiger partial charge is 0.328 e. The molecule has 0 aromatic rings. The number of amides is 4. The van der Waals surface area contributed by atoms with Crippen molar-refractivity contribution in [3.05, 3.63) is 0 Å². The Bertz CT molecular complexity index is 312. The van der Waals surface area contributed by atoms with Crippen LogP contribution in [0, 0.1) is 11.3 Å². The Morgan fingerprint density at radius 2 is 1.53 bits per heavy atom. The van der Waals surface area contributed by atoms with Crippen molar-refractivity contribution in [2.24, 2.45) is 11.3 Å². The van der Waals surface area contributed by atoms with Gasteiger partial charge in [0.25, 0.3) is 0 Å². The van der Waals surface area contributed by atoms with Crippen molar-refractivity contribution >= 4 is 17.8 Å². The number of rotatable bonds is 1. The van der Waals surface area contributed by atoms with Crippen LogP contribution in [0.3, 0.4) is 0 Å². The van der Waals surface area contributed by atoms with Crippen LogP contribution < -0.4 is 10.6 Å². The summed E-state index contributed by atoms with van der Waals surface area (Å²) in [7, 11) is 0. The summed E-state index contributed by atoms with van der Waals surface area (Å²) in [6.07, 6.45) is 3.86. The van der Waals surface area contributed by atoms with Gasteiger partial charge in [0.2, 0.25) is 11.8 Å². The standard InChI is InChI=1S/C10H14N2O3/c1-10(6-4-2-3-5-6)7(13)11-9(15)12-8(10)14/h6H,2-5H2,1H3,(H2,11,12,13,14,15). The van der Waals surface area contributed by atoms with Crippen LogP contribution in [0.1, 0.15) is 32.6 Å². The molecule has 1 saturated heterocycles. The number of hydrogen-bond donors (Lipinski definition) is 2. The van der Waals surface area contributed by atoms with Crippen LogP contribution in [0.15, 0.2) is 0 Å². The zero-order valence-electron chi connectivity index (χ0n) is 8.63. The molecule has 15 heavy (non-hydrogen) atoms. The molecule has 0 aromatic heterocycles. The number of urea groups is 1. The fourth-order valence-electron chi connectivity index (χ4n) is 2.47. The van der Waals surface area contributed by atoms with Gasteiger partial charge in [-0.3, -0.25) is 20.2 Å². The predicted octanol–water partition coefficient (Wildman–Crippen LogP) is 0.549. The van der Waals surface area contributed by atoms with E-state index in [2.05, 4.69) is 10.6 Å². The number of carbonyl (C=O) groups is 3. The zero-order chi connectivity index (χ0) is 11.1. The minimum atomic E-state index is -1.07. The van der Waals surface area contributed by atoms with Gasteiger partial charge in [-0.1, -0.05) is 12.8 Å². The number of carbonyl (C=O) groups excluding carboxylic acids is 3. The van der Waals surface area contributed by atoms with Crippen molar-refractivity contribution in [1.82, 2.24) is 10.6 Å². The van der Waals surface area contributed by atoms with Crippen molar-refractivity contribution in [3.8, 4) is 0 Å². The summed E-state index contributed by atoms with van der Waals surface area (Å²) in [4.78, 5) is 34.4. The summed E-state index contributed by atoms with van der Waals surface area (Å²) in [6, 6.07) is -0.708. The first-order chi connectivity index (χ1) is 7.05. The first-order valence-electron chi connectivity index (χ1n) is 5.22. The summed E-state index contributed by atoms with van der Waals surface area (Å²) in [5, 5.41) is 4.33. The predicted molar refractivity (Wildman–Crippen MR) is 51.7 cm³/mol. The molecule has 2 fully saturated rings. The molecule has 1 aliphatic heterocycles. The summed E-state index contributed by atoms with van der Waals surface area (Å²) < 4.78 is 0. The Morgan fingerprint density at radius 1 is 1.07 bits per heavy atom. The second kappa shape index (κ2) is 3.32. The third-order valence-electron chi connectivity index (χ3n) is 3.57. The van der Waals surface area contributed by atoms with Gasteiger partial charge in [-0.05, 0) is 25.7 Å².